The van der Waals surface area contributed by atoms with E-state index < -0.39 is 0 Å². The molecule has 1 fully saturated rings. The molecule has 0 bridgehead atoms. The molecule has 1 aliphatic carbocycles. The minimum absolute atomic E-state index is 0.0378. The summed E-state index contributed by atoms with van der Waals surface area (Å²) in [5.41, 5.74) is 1.83. The van der Waals surface area contributed by atoms with Gasteiger partial charge >= 0.3 is 0 Å². The number of hydrogen-bond acceptors (Lipinski definition) is 6. The van der Waals surface area contributed by atoms with Crippen LogP contribution < -0.4 is 14.2 Å². The molecular formula is C25H33NO5. The molecular weight excluding hydrogens is 394 g/mol. The number of hydrogen-bond donors (Lipinski definition) is 1. The number of ketones is 1. The van der Waals surface area contributed by atoms with E-state index in [-0.39, 0.29) is 17.8 Å². The number of para-hydroxylation sites is 1. The molecule has 1 unspecified atom stereocenters. The average Bonchev–Trinajstić information content (AvgIpc) is 2.82. The maximum atomic E-state index is 12.9. The number of aliphatic hydroxyl groups is 1. The second-order valence-electron chi connectivity index (χ2n) is 8.01. The van der Waals surface area contributed by atoms with Crippen molar-refractivity contribution in [3.63, 3.8) is 0 Å². The predicted octanol–water partition coefficient (Wildman–Crippen LogP) is 3.60. The molecule has 0 spiro atoms. The third-order valence-electron chi connectivity index (χ3n) is 6.02. The van der Waals surface area contributed by atoms with Crippen molar-refractivity contribution < 1.29 is 24.1 Å². The zero-order valence-corrected chi connectivity index (χ0v) is 18.7. The van der Waals surface area contributed by atoms with Crippen molar-refractivity contribution >= 4 is 5.78 Å². The highest BCUT2D eigenvalue weighted by Crippen LogP contribution is 2.36. The molecule has 1 atom stereocenters. The quantitative estimate of drug-likeness (QED) is 0.786. The zero-order valence-electron chi connectivity index (χ0n) is 18.7. The molecule has 0 amide bonds. The Kier molecular flexibility index (Phi) is 8.32. The molecule has 2 aromatic carbocycles. The molecule has 168 valence electrons. The van der Waals surface area contributed by atoms with Crippen LogP contribution in [0.25, 0.3) is 0 Å². The lowest BCUT2D eigenvalue weighted by atomic mass is 9.82. The molecule has 2 aliphatic rings. The number of likely N-dealkylation sites (tertiary alicyclic amines) is 1. The molecule has 2 aromatic rings. The van der Waals surface area contributed by atoms with Crippen LogP contribution in [0, 0.1) is 5.92 Å². The lowest BCUT2D eigenvalue weighted by Crippen LogP contribution is -2.41. The van der Waals surface area contributed by atoms with Crippen molar-refractivity contribution in [3.05, 3.63) is 53.6 Å². The third-order valence-corrected chi connectivity index (χ3v) is 6.02. The Balaban J connectivity index is 0.000000287. The molecule has 4 rings (SSSR count). The summed E-state index contributed by atoms with van der Waals surface area (Å²) in [5, 5.41) is 9.60. The summed E-state index contributed by atoms with van der Waals surface area (Å²) in [4.78, 5) is 15.2. The van der Waals surface area contributed by atoms with Crippen molar-refractivity contribution in [1.82, 2.24) is 4.90 Å². The number of carbonyl (C=O) groups excluding carboxylic acids is 1. The van der Waals surface area contributed by atoms with E-state index in [1.807, 2.05) is 42.5 Å². The number of carbonyl (C=O) groups is 1. The van der Waals surface area contributed by atoms with E-state index in [1.54, 1.807) is 21.3 Å². The Bertz CT molecular complexity index is 846. The van der Waals surface area contributed by atoms with Crippen LogP contribution in [0.3, 0.4) is 0 Å². The van der Waals surface area contributed by atoms with Crippen LogP contribution in [0.2, 0.25) is 0 Å². The van der Waals surface area contributed by atoms with Gasteiger partial charge in [0.25, 0.3) is 0 Å². The van der Waals surface area contributed by atoms with Gasteiger partial charge in [0, 0.05) is 31.1 Å². The normalized spacial score (nSPS) is 19.1. The Hall–Kier alpha value is -2.57. The Morgan fingerprint density at radius 3 is 2.16 bits per heavy atom. The first-order valence-electron chi connectivity index (χ1n) is 10.8. The topological polar surface area (TPSA) is 68.2 Å². The van der Waals surface area contributed by atoms with Crippen LogP contribution in [0.4, 0.5) is 0 Å². The number of nitrogens with zero attached hydrogens (tertiary/aromatic N) is 1. The van der Waals surface area contributed by atoms with Gasteiger partial charge in [-0.05, 0) is 55.5 Å². The Morgan fingerprint density at radius 1 is 0.935 bits per heavy atom. The summed E-state index contributed by atoms with van der Waals surface area (Å²) >= 11 is 0. The minimum atomic E-state index is -0.175. The number of Topliss-reactive ketones (excluding diaryl/α,β-unsaturated/α-hetero) is 1. The van der Waals surface area contributed by atoms with Gasteiger partial charge in [-0.3, -0.25) is 4.79 Å². The Labute approximate surface area is 184 Å². The number of benzene rings is 2. The molecule has 0 saturated carbocycles. The van der Waals surface area contributed by atoms with Gasteiger partial charge in [0.2, 0.25) is 0 Å². The summed E-state index contributed by atoms with van der Waals surface area (Å²) in [6.07, 6.45) is 3.21. The van der Waals surface area contributed by atoms with Crippen molar-refractivity contribution in [2.75, 3.05) is 41.0 Å². The van der Waals surface area contributed by atoms with Crippen molar-refractivity contribution in [1.29, 1.82) is 0 Å². The van der Waals surface area contributed by atoms with Gasteiger partial charge < -0.3 is 24.2 Å². The number of piperidine rings is 1. The average molecular weight is 428 g/mol. The highest BCUT2D eigenvalue weighted by molar-refractivity contribution is 6.01. The summed E-state index contributed by atoms with van der Waals surface area (Å²) in [6.45, 7) is 2.55. The van der Waals surface area contributed by atoms with Gasteiger partial charge in [-0.25, -0.2) is 0 Å². The fourth-order valence-corrected chi connectivity index (χ4v) is 4.18. The molecule has 6 heteroatoms. The van der Waals surface area contributed by atoms with E-state index in [1.165, 1.54) is 0 Å². The van der Waals surface area contributed by atoms with E-state index in [2.05, 4.69) is 4.90 Å². The smallest absolute Gasteiger partial charge is 0.167 e. The lowest BCUT2D eigenvalue weighted by Gasteiger charge is -2.33. The van der Waals surface area contributed by atoms with Crippen LogP contribution in [0.5, 0.6) is 17.2 Å². The molecule has 1 N–H and O–H groups in total. The van der Waals surface area contributed by atoms with Gasteiger partial charge in [-0.1, -0.05) is 18.2 Å². The maximum Gasteiger partial charge on any atom is 0.167 e. The fraction of sp³-hybridized carbons (Fsp3) is 0.480. The van der Waals surface area contributed by atoms with Crippen LogP contribution in [0.1, 0.15) is 35.2 Å². The van der Waals surface area contributed by atoms with E-state index >= 15 is 0 Å². The Morgan fingerprint density at radius 2 is 1.58 bits per heavy atom. The summed E-state index contributed by atoms with van der Waals surface area (Å²) in [5.74, 6) is 2.45. The number of aliphatic hydroxyl groups excluding tert-OH is 1. The van der Waals surface area contributed by atoms with Crippen molar-refractivity contribution in [2.24, 2.45) is 5.92 Å². The van der Waals surface area contributed by atoms with E-state index in [0.717, 1.165) is 62.2 Å². The molecule has 1 heterocycles. The standard InChI is InChI=1S/C18H25NO4.C7H8O/c1-22-16-9-12-3-4-13(11-19-7-5-14(20)6-8-19)18(21)15(12)10-17(16)23-2;1-8-7-5-3-2-4-6-7/h9-10,13-14,20H,3-8,11H2,1-2H3;2-6H,1H3. The van der Waals surface area contributed by atoms with E-state index in [4.69, 9.17) is 14.2 Å². The molecule has 31 heavy (non-hydrogen) atoms. The van der Waals surface area contributed by atoms with Crippen molar-refractivity contribution in [3.8, 4) is 17.2 Å². The first-order chi connectivity index (χ1) is 15.0. The summed E-state index contributed by atoms with van der Waals surface area (Å²) in [6, 6.07) is 13.4. The first-order valence-corrected chi connectivity index (χ1v) is 10.8. The number of rotatable bonds is 5. The molecule has 1 aliphatic heterocycles. The minimum Gasteiger partial charge on any atom is -0.497 e. The molecule has 0 radical (unpaired) electrons. The lowest BCUT2D eigenvalue weighted by molar-refractivity contribution is 0.0659. The van der Waals surface area contributed by atoms with Gasteiger partial charge in [-0.15, -0.1) is 0 Å². The third kappa shape index (κ3) is 5.99. The fourth-order valence-electron chi connectivity index (χ4n) is 4.18. The summed E-state index contributed by atoms with van der Waals surface area (Å²) < 4.78 is 15.6. The zero-order chi connectivity index (χ0) is 22.2. The van der Waals surface area contributed by atoms with Crippen molar-refractivity contribution in [2.45, 2.75) is 31.8 Å². The van der Waals surface area contributed by atoms with Gasteiger partial charge in [0.05, 0.1) is 27.4 Å². The number of aryl methyl sites for hydroxylation is 1. The van der Waals surface area contributed by atoms with Crippen LogP contribution in [-0.4, -0.2) is 62.9 Å². The second kappa shape index (κ2) is 11.2. The van der Waals surface area contributed by atoms with Gasteiger partial charge in [-0.2, -0.15) is 0 Å². The van der Waals surface area contributed by atoms with E-state index in [9.17, 15) is 9.90 Å². The van der Waals surface area contributed by atoms with E-state index in [0.29, 0.717) is 11.5 Å². The monoisotopic (exact) mass is 427 g/mol. The first kappa shape index (κ1) is 23.1. The number of fused-ring (bicyclic) bond motifs is 1. The second-order valence-corrected chi connectivity index (χ2v) is 8.01. The molecule has 6 nitrogen and oxygen atoms in total. The molecule has 0 aromatic heterocycles. The van der Waals surface area contributed by atoms with Crippen LogP contribution in [0.15, 0.2) is 42.5 Å². The number of methoxy groups -OCH3 is 3. The SMILES string of the molecule is COc1cc2c(cc1OC)C(=O)C(CN1CCC(O)CC1)CC2.COc1ccccc1. The van der Waals surface area contributed by atoms with Gasteiger partial charge in [0.1, 0.15) is 5.75 Å². The van der Waals surface area contributed by atoms with Crippen LogP contribution >= 0.6 is 0 Å². The maximum absolute atomic E-state index is 12.9. The highest BCUT2D eigenvalue weighted by Gasteiger charge is 2.31. The predicted molar refractivity (Wildman–Crippen MR) is 120 cm³/mol. The highest BCUT2D eigenvalue weighted by atomic mass is 16.5. The summed E-state index contributed by atoms with van der Waals surface area (Å²) in [7, 11) is 4.87. The molecule has 1 saturated heterocycles. The largest absolute Gasteiger partial charge is 0.497 e. The van der Waals surface area contributed by atoms with Crippen LogP contribution in [-0.2, 0) is 6.42 Å². The number of ether oxygens (including phenoxy) is 3. The van der Waals surface area contributed by atoms with Gasteiger partial charge in [0.15, 0.2) is 17.3 Å².